The second-order valence-electron chi connectivity index (χ2n) is 5.63. The Morgan fingerprint density at radius 2 is 2.26 bits per heavy atom. The zero-order valence-corrected chi connectivity index (χ0v) is 11.9. The van der Waals surface area contributed by atoms with Gasteiger partial charge in [0, 0.05) is 12.0 Å². The Labute approximate surface area is 114 Å². The van der Waals surface area contributed by atoms with Crippen LogP contribution in [-0.4, -0.2) is 28.6 Å². The van der Waals surface area contributed by atoms with Crippen LogP contribution < -0.4 is 0 Å². The predicted molar refractivity (Wildman–Crippen MR) is 73.0 cm³/mol. The molecule has 0 saturated heterocycles. The zero-order valence-electron chi connectivity index (χ0n) is 11.9. The lowest BCUT2D eigenvalue weighted by Crippen LogP contribution is -2.33. The highest BCUT2D eigenvalue weighted by atomic mass is 16.4. The molecule has 0 aromatic carbocycles. The molecule has 1 aromatic heterocycles. The molecule has 0 amide bonds. The lowest BCUT2D eigenvalue weighted by molar-refractivity contribution is -0.138. The first-order valence-corrected chi connectivity index (χ1v) is 7.05. The van der Waals surface area contributed by atoms with Gasteiger partial charge in [-0.3, -0.25) is 9.69 Å². The van der Waals surface area contributed by atoms with Crippen molar-refractivity contribution < 1.29 is 14.3 Å². The van der Waals surface area contributed by atoms with Gasteiger partial charge in [0.2, 0.25) is 0 Å². The van der Waals surface area contributed by atoms with Crippen molar-refractivity contribution in [3.05, 3.63) is 23.7 Å². The monoisotopic (exact) mass is 265 g/mol. The summed E-state index contributed by atoms with van der Waals surface area (Å²) in [5, 5.41) is 8.86. The molecule has 3 atom stereocenters. The molecule has 0 spiro atoms. The van der Waals surface area contributed by atoms with E-state index in [4.69, 9.17) is 9.52 Å². The summed E-state index contributed by atoms with van der Waals surface area (Å²) in [7, 11) is 0. The first-order valence-electron chi connectivity index (χ1n) is 7.05. The second-order valence-corrected chi connectivity index (χ2v) is 5.63. The average Bonchev–Trinajstić information content (AvgIpc) is 2.89. The predicted octanol–water partition coefficient (Wildman–Crippen LogP) is 3.09. The van der Waals surface area contributed by atoms with Crippen molar-refractivity contribution in [3.8, 4) is 0 Å². The van der Waals surface area contributed by atoms with Crippen LogP contribution in [0.5, 0.6) is 0 Å². The van der Waals surface area contributed by atoms with E-state index in [0.717, 1.165) is 24.0 Å². The van der Waals surface area contributed by atoms with E-state index < -0.39 is 5.97 Å². The number of furan rings is 1. The van der Waals surface area contributed by atoms with Crippen LogP contribution in [0.1, 0.15) is 51.1 Å². The minimum atomic E-state index is -0.752. The zero-order chi connectivity index (χ0) is 14.0. The topological polar surface area (TPSA) is 53.7 Å². The van der Waals surface area contributed by atoms with Gasteiger partial charge in [-0.2, -0.15) is 0 Å². The van der Waals surface area contributed by atoms with Gasteiger partial charge < -0.3 is 9.52 Å². The first kappa shape index (κ1) is 14.1. The minimum Gasteiger partial charge on any atom is -0.481 e. The normalized spacial score (nSPS) is 23.6. The third-order valence-electron chi connectivity index (χ3n) is 4.02. The number of carbonyl (C=O) groups is 1. The molecule has 1 heterocycles. The van der Waals surface area contributed by atoms with Crippen molar-refractivity contribution in [3.63, 3.8) is 0 Å². The van der Waals surface area contributed by atoms with Gasteiger partial charge in [0.05, 0.1) is 13.0 Å². The summed E-state index contributed by atoms with van der Waals surface area (Å²) in [6, 6.07) is 4.12. The van der Waals surface area contributed by atoms with Crippen LogP contribution in [0.2, 0.25) is 0 Å². The molecule has 0 bridgehead atoms. The van der Waals surface area contributed by atoms with Gasteiger partial charge >= 0.3 is 5.97 Å². The molecule has 4 heteroatoms. The van der Waals surface area contributed by atoms with Crippen molar-refractivity contribution >= 4 is 5.97 Å². The summed E-state index contributed by atoms with van der Waals surface area (Å²) < 4.78 is 5.88. The lowest BCUT2D eigenvalue weighted by atomic mass is 10.2. The Hall–Kier alpha value is -1.29. The van der Waals surface area contributed by atoms with Crippen molar-refractivity contribution in [2.75, 3.05) is 6.54 Å². The van der Waals surface area contributed by atoms with Crippen molar-refractivity contribution in [1.29, 1.82) is 0 Å². The van der Waals surface area contributed by atoms with E-state index >= 15 is 0 Å². The van der Waals surface area contributed by atoms with Gasteiger partial charge in [0.1, 0.15) is 11.5 Å². The van der Waals surface area contributed by atoms with Gasteiger partial charge in [-0.15, -0.1) is 0 Å². The van der Waals surface area contributed by atoms with Crippen LogP contribution in [0, 0.1) is 5.92 Å². The number of carboxylic acids is 1. The molecule has 19 heavy (non-hydrogen) atoms. The van der Waals surface area contributed by atoms with E-state index in [2.05, 4.69) is 17.9 Å². The van der Waals surface area contributed by atoms with Crippen LogP contribution in [0.25, 0.3) is 0 Å². The summed E-state index contributed by atoms with van der Waals surface area (Å²) in [6.07, 6.45) is 1.39. The summed E-state index contributed by atoms with van der Waals surface area (Å²) in [6.45, 7) is 7.74. The van der Waals surface area contributed by atoms with Crippen LogP contribution in [0.15, 0.2) is 16.5 Å². The van der Waals surface area contributed by atoms with Crippen molar-refractivity contribution in [2.24, 2.45) is 5.92 Å². The Morgan fingerprint density at radius 1 is 1.58 bits per heavy atom. The third-order valence-corrected chi connectivity index (χ3v) is 4.02. The molecule has 1 aromatic rings. The molecule has 1 aliphatic carbocycles. The number of carboxylic acid groups (broad SMARTS) is 1. The third kappa shape index (κ3) is 3.60. The van der Waals surface area contributed by atoms with E-state index in [1.54, 1.807) is 0 Å². The summed E-state index contributed by atoms with van der Waals surface area (Å²) >= 11 is 0. The van der Waals surface area contributed by atoms with E-state index in [1.165, 1.54) is 6.42 Å². The fourth-order valence-electron chi connectivity index (χ4n) is 2.56. The SMILES string of the molecule is CCN(Cc1ccc(C2CC2C)o1)C(C)CC(=O)O. The number of rotatable bonds is 7. The van der Waals surface area contributed by atoms with Gasteiger partial charge in [0.25, 0.3) is 0 Å². The summed E-state index contributed by atoms with van der Waals surface area (Å²) in [5.74, 6) is 2.61. The van der Waals surface area contributed by atoms with Gasteiger partial charge in [0.15, 0.2) is 0 Å². The van der Waals surface area contributed by atoms with E-state index in [-0.39, 0.29) is 12.5 Å². The molecule has 1 saturated carbocycles. The highest BCUT2D eigenvalue weighted by Gasteiger charge is 2.36. The molecule has 0 radical (unpaired) electrons. The van der Waals surface area contributed by atoms with E-state index in [9.17, 15) is 4.79 Å². The Balaban J connectivity index is 1.94. The number of hydrogen-bond acceptors (Lipinski definition) is 3. The van der Waals surface area contributed by atoms with Gasteiger partial charge in [-0.1, -0.05) is 13.8 Å². The molecule has 0 aliphatic heterocycles. The van der Waals surface area contributed by atoms with Crippen LogP contribution in [0.3, 0.4) is 0 Å². The van der Waals surface area contributed by atoms with Crippen LogP contribution in [0.4, 0.5) is 0 Å². The van der Waals surface area contributed by atoms with Crippen molar-refractivity contribution in [1.82, 2.24) is 4.90 Å². The highest BCUT2D eigenvalue weighted by Crippen LogP contribution is 2.47. The molecule has 1 fully saturated rings. The van der Waals surface area contributed by atoms with Crippen LogP contribution >= 0.6 is 0 Å². The summed E-state index contributed by atoms with van der Waals surface area (Å²) in [4.78, 5) is 12.9. The molecule has 2 rings (SSSR count). The Morgan fingerprint density at radius 3 is 2.79 bits per heavy atom. The quantitative estimate of drug-likeness (QED) is 0.823. The molecule has 3 unspecified atom stereocenters. The van der Waals surface area contributed by atoms with E-state index in [0.29, 0.717) is 12.5 Å². The maximum atomic E-state index is 10.8. The molecule has 106 valence electrons. The average molecular weight is 265 g/mol. The van der Waals surface area contributed by atoms with E-state index in [1.807, 2.05) is 19.9 Å². The largest absolute Gasteiger partial charge is 0.481 e. The lowest BCUT2D eigenvalue weighted by Gasteiger charge is -2.25. The van der Waals surface area contributed by atoms with Crippen LogP contribution in [-0.2, 0) is 11.3 Å². The highest BCUT2D eigenvalue weighted by molar-refractivity contribution is 5.67. The summed E-state index contributed by atoms with van der Waals surface area (Å²) in [5.41, 5.74) is 0. The fourth-order valence-corrected chi connectivity index (χ4v) is 2.56. The number of aliphatic carboxylic acids is 1. The molecular formula is C15H23NO3. The molecule has 1 aliphatic rings. The molecule has 1 N–H and O–H groups in total. The second kappa shape index (κ2) is 5.78. The number of hydrogen-bond donors (Lipinski definition) is 1. The first-order chi connectivity index (χ1) is 9.01. The molecular weight excluding hydrogens is 242 g/mol. The fraction of sp³-hybridized carbons (Fsp3) is 0.667. The maximum absolute atomic E-state index is 10.8. The Bertz CT molecular complexity index is 440. The van der Waals surface area contributed by atoms with Gasteiger partial charge in [-0.05, 0) is 37.9 Å². The van der Waals surface area contributed by atoms with Gasteiger partial charge in [-0.25, -0.2) is 0 Å². The standard InChI is InChI=1S/C15H23NO3/c1-4-16(11(3)8-15(17)18)9-12-5-6-14(19-12)13-7-10(13)2/h5-6,10-11,13H,4,7-9H2,1-3H3,(H,17,18). The maximum Gasteiger partial charge on any atom is 0.304 e. The smallest absolute Gasteiger partial charge is 0.304 e. The molecule has 4 nitrogen and oxygen atoms in total. The Kier molecular flexibility index (Phi) is 4.30. The minimum absolute atomic E-state index is 0.0240. The number of nitrogens with zero attached hydrogens (tertiary/aromatic N) is 1. The van der Waals surface area contributed by atoms with Crippen molar-refractivity contribution in [2.45, 2.75) is 52.1 Å².